The second-order valence-corrected chi connectivity index (χ2v) is 8.77. The fourth-order valence-corrected chi connectivity index (χ4v) is 3.83. The van der Waals surface area contributed by atoms with Gasteiger partial charge in [0.05, 0.1) is 6.61 Å². The molecule has 30 heavy (non-hydrogen) atoms. The first-order valence-electron chi connectivity index (χ1n) is 13.2. The zero-order valence-electron chi connectivity index (χ0n) is 20.3. The normalized spacial score (nSPS) is 11.0. The van der Waals surface area contributed by atoms with Crippen LogP contribution in [0.5, 0.6) is 0 Å². The molecule has 0 bridgehead atoms. The van der Waals surface area contributed by atoms with Crippen molar-refractivity contribution in [1.82, 2.24) is 5.06 Å². The minimum absolute atomic E-state index is 0.245. The lowest BCUT2D eigenvalue weighted by Gasteiger charge is -2.14. The molecule has 0 aromatic heterocycles. The van der Waals surface area contributed by atoms with Crippen LogP contribution >= 0.6 is 0 Å². The topological polar surface area (TPSA) is 46.6 Å². The summed E-state index contributed by atoms with van der Waals surface area (Å²) < 4.78 is 0. The summed E-state index contributed by atoms with van der Waals surface area (Å²) in [7, 11) is 0. The number of amides is 2. The van der Waals surface area contributed by atoms with Crippen LogP contribution < -0.4 is 0 Å². The molecular formula is C26H51NO3. The number of rotatable bonds is 24. The number of hydrogen-bond acceptors (Lipinski definition) is 3. The molecule has 0 atom stereocenters. The summed E-state index contributed by atoms with van der Waals surface area (Å²) in [5, 5.41) is 0.859. The van der Waals surface area contributed by atoms with Crippen molar-refractivity contribution in [3.8, 4) is 0 Å². The number of hydrogen-bond donors (Lipinski definition) is 0. The number of imide groups is 1. The maximum Gasteiger partial charge on any atom is 0.253 e. The van der Waals surface area contributed by atoms with E-state index >= 15 is 0 Å². The van der Waals surface area contributed by atoms with Crippen LogP contribution in [0.4, 0.5) is 0 Å². The van der Waals surface area contributed by atoms with Crippen molar-refractivity contribution in [2.45, 2.75) is 149 Å². The molecule has 0 radical (unpaired) electrons. The third-order valence-electron chi connectivity index (χ3n) is 5.78. The molecule has 0 fully saturated rings. The van der Waals surface area contributed by atoms with E-state index in [4.69, 9.17) is 4.84 Å². The maximum absolute atomic E-state index is 11.6. The molecule has 0 saturated heterocycles. The predicted octanol–water partition coefficient (Wildman–Crippen LogP) is 8.13. The molecule has 0 heterocycles. The first-order chi connectivity index (χ1) is 14.8. The van der Waals surface area contributed by atoms with Crippen LogP contribution in [0.1, 0.15) is 149 Å². The summed E-state index contributed by atoms with van der Waals surface area (Å²) in [6.07, 6.45) is 27.2. The van der Waals surface area contributed by atoms with Gasteiger partial charge in [0.2, 0.25) is 6.41 Å². The molecule has 4 heteroatoms. The van der Waals surface area contributed by atoms with Gasteiger partial charge in [-0.05, 0) is 12.8 Å². The lowest BCUT2D eigenvalue weighted by molar-refractivity contribution is -0.186. The fraction of sp³-hybridized carbons (Fsp3) is 0.923. The summed E-state index contributed by atoms with van der Waals surface area (Å²) in [5.41, 5.74) is 0. The van der Waals surface area contributed by atoms with Gasteiger partial charge in [-0.1, -0.05) is 129 Å². The monoisotopic (exact) mass is 425 g/mol. The molecule has 0 unspecified atom stereocenters. The van der Waals surface area contributed by atoms with E-state index in [1.54, 1.807) is 0 Å². The van der Waals surface area contributed by atoms with Crippen molar-refractivity contribution < 1.29 is 14.4 Å². The van der Waals surface area contributed by atoms with Crippen LogP contribution in [-0.4, -0.2) is 24.0 Å². The molecule has 0 aromatic rings. The van der Waals surface area contributed by atoms with Gasteiger partial charge in [0.25, 0.3) is 5.91 Å². The minimum atomic E-state index is -0.245. The molecule has 0 spiro atoms. The molecule has 178 valence electrons. The van der Waals surface area contributed by atoms with E-state index in [9.17, 15) is 9.59 Å². The Kier molecular flexibility index (Phi) is 23.6. The van der Waals surface area contributed by atoms with Crippen molar-refractivity contribution in [3.63, 3.8) is 0 Å². The summed E-state index contributed by atoms with van der Waals surface area (Å²) in [6, 6.07) is 0. The Morgan fingerprint density at radius 3 is 1.30 bits per heavy atom. The van der Waals surface area contributed by atoms with Crippen LogP contribution in [0.3, 0.4) is 0 Å². The molecule has 2 amide bonds. The average molecular weight is 426 g/mol. The van der Waals surface area contributed by atoms with Crippen molar-refractivity contribution in [3.05, 3.63) is 0 Å². The number of carbonyl (C=O) groups is 2. The highest BCUT2D eigenvalue weighted by Crippen LogP contribution is 2.14. The molecule has 0 aliphatic heterocycles. The van der Waals surface area contributed by atoms with E-state index in [1.165, 1.54) is 109 Å². The third-order valence-corrected chi connectivity index (χ3v) is 5.78. The van der Waals surface area contributed by atoms with Crippen LogP contribution in [0.25, 0.3) is 0 Å². The van der Waals surface area contributed by atoms with Gasteiger partial charge in [0.15, 0.2) is 0 Å². The average Bonchev–Trinajstić information content (AvgIpc) is 2.75. The quantitative estimate of drug-likeness (QED) is 0.0890. The molecule has 4 nitrogen and oxygen atoms in total. The first kappa shape index (κ1) is 29.1. The van der Waals surface area contributed by atoms with Crippen LogP contribution in [0.15, 0.2) is 0 Å². The number of unbranched alkanes of at least 4 members (excludes halogenated alkanes) is 18. The van der Waals surface area contributed by atoms with Crippen molar-refractivity contribution in [2.24, 2.45) is 0 Å². The summed E-state index contributed by atoms with van der Waals surface area (Å²) in [5.74, 6) is -0.245. The standard InChI is InChI=1S/C26H51NO3/c1-3-5-6-7-8-9-10-11-12-13-14-15-16-17-18-19-20-21-22-24-30-27(25-28)26(29)23-4-2/h25H,3-24H2,1-2H3. The molecule has 0 saturated carbocycles. The third kappa shape index (κ3) is 20.4. The Morgan fingerprint density at radius 1 is 0.600 bits per heavy atom. The molecular weight excluding hydrogens is 374 g/mol. The van der Waals surface area contributed by atoms with Crippen LogP contribution in [0, 0.1) is 0 Å². The van der Waals surface area contributed by atoms with Crippen LogP contribution in [0.2, 0.25) is 0 Å². The highest BCUT2D eigenvalue weighted by atomic mass is 16.7. The van der Waals surface area contributed by atoms with E-state index < -0.39 is 0 Å². The van der Waals surface area contributed by atoms with Gasteiger partial charge in [-0.25, -0.2) is 0 Å². The molecule has 0 N–H and O–H groups in total. The lowest BCUT2D eigenvalue weighted by atomic mass is 10.0. The lowest BCUT2D eigenvalue weighted by Crippen LogP contribution is -2.29. The Hall–Kier alpha value is -0.900. The van der Waals surface area contributed by atoms with Crippen LogP contribution in [-0.2, 0) is 14.4 Å². The highest BCUT2D eigenvalue weighted by molar-refractivity contribution is 5.84. The predicted molar refractivity (Wildman–Crippen MR) is 127 cm³/mol. The van der Waals surface area contributed by atoms with Gasteiger partial charge >= 0.3 is 0 Å². The molecule has 0 aliphatic carbocycles. The van der Waals surface area contributed by atoms with Crippen molar-refractivity contribution in [1.29, 1.82) is 0 Å². The summed E-state index contributed by atoms with van der Waals surface area (Å²) >= 11 is 0. The van der Waals surface area contributed by atoms with Gasteiger partial charge in [0, 0.05) is 6.42 Å². The Labute approximate surface area is 187 Å². The zero-order chi connectivity index (χ0) is 22.1. The Bertz CT molecular complexity index is 373. The maximum atomic E-state index is 11.6. The number of hydroxylamine groups is 2. The number of carbonyl (C=O) groups excluding carboxylic acids is 2. The highest BCUT2D eigenvalue weighted by Gasteiger charge is 2.11. The van der Waals surface area contributed by atoms with E-state index in [2.05, 4.69) is 6.92 Å². The fourth-order valence-electron chi connectivity index (χ4n) is 3.83. The SMILES string of the molecule is CCCCCCCCCCCCCCCCCCCCCON(C=O)C(=O)CCC. The smallest absolute Gasteiger partial charge is 0.253 e. The van der Waals surface area contributed by atoms with Gasteiger partial charge < -0.3 is 0 Å². The van der Waals surface area contributed by atoms with Crippen molar-refractivity contribution >= 4 is 12.3 Å². The largest absolute Gasteiger partial charge is 0.276 e. The van der Waals surface area contributed by atoms with E-state index in [0.717, 1.165) is 24.3 Å². The van der Waals surface area contributed by atoms with Gasteiger partial charge in [-0.2, -0.15) is 5.06 Å². The molecule has 0 aromatic carbocycles. The summed E-state index contributed by atoms with van der Waals surface area (Å²) in [6.45, 7) is 4.65. The molecule has 0 rings (SSSR count). The minimum Gasteiger partial charge on any atom is -0.276 e. The van der Waals surface area contributed by atoms with Gasteiger partial charge in [-0.3, -0.25) is 14.4 Å². The Balaban J connectivity index is 3.19. The first-order valence-corrected chi connectivity index (χ1v) is 13.2. The zero-order valence-corrected chi connectivity index (χ0v) is 20.3. The number of nitrogens with zero attached hydrogens (tertiary/aromatic N) is 1. The van der Waals surface area contributed by atoms with Crippen molar-refractivity contribution in [2.75, 3.05) is 6.61 Å². The molecule has 0 aliphatic rings. The van der Waals surface area contributed by atoms with E-state index in [1.807, 2.05) is 6.92 Å². The second-order valence-electron chi connectivity index (χ2n) is 8.77. The van der Waals surface area contributed by atoms with E-state index in [0.29, 0.717) is 19.4 Å². The van der Waals surface area contributed by atoms with Gasteiger partial charge in [0.1, 0.15) is 0 Å². The second kappa shape index (κ2) is 24.4. The Morgan fingerprint density at radius 2 is 0.967 bits per heavy atom. The van der Waals surface area contributed by atoms with Gasteiger partial charge in [-0.15, -0.1) is 0 Å². The van der Waals surface area contributed by atoms with E-state index in [-0.39, 0.29) is 5.91 Å². The summed E-state index contributed by atoms with van der Waals surface area (Å²) in [4.78, 5) is 27.7.